The summed E-state index contributed by atoms with van der Waals surface area (Å²) >= 11 is 0. The van der Waals surface area contributed by atoms with Crippen molar-refractivity contribution >= 4 is 11.7 Å². The first-order valence-electron chi connectivity index (χ1n) is 10.4. The van der Waals surface area contributed by atoms with Gasteiger partial charge >= 0.3 is 0 Å². The number of Topliss-reactive ketones (excluding diaryl/α,β-unsaturated/α-hetero) is 1. The summed E-state index contributed by atoms with van der Waals surface area (Å²) in [4.78, 5) is 25.7. The minimum Gasteiger partial charge on any atom is -0.493 e. The van der Waals surface area contributed by atoms with E-state index in [0.29, 0.717) is 35.8 Å². The molecule has 0 radical (unpaired) electrons. The molecule has 1 aliphatic heterocycles. The summed E-state index contributed by atoms with van der Waals surface area (Å²) in [5.74, 6) is 2.34. The Morgan fingerprint density at radius 2 is 2.00 bits per heavy atom. The molecule has 2 aromatic rings. The first-order valence-corrected chi connectivity index (χ1v) is 10.4. The van der Waals surface area contributed by atoms with Gasteiger partial charge in [-0.15, -0.1) is 0 Å². The van der Waals surface area contributed by atoms with E-state index in [1.165, 1.54) is 0 Å². The molecule has 4 unspecified atom stereocenters. The van der Waals surface area contributed by atoms with Crippen LogP contribution in [0.1, 0.15) is 35.2 Å². The van der Waals surface area contributed by atoms with Gasteiger partial charge in [0.25, 0.3) is 0 Å². The summed E-state index contributed by atoms with van der Waals surface area (Å²) in [5, 5.41) is 3.05. The van der Waals surface area contributed by atoms with Crippen molar-refractivity contribution in [2.75, 3.05) is 14.2 Å². The standard InChI is InChI=1S/C24H25NO5/c1-28-19-9-5-6-14(22(19)29-2)13-25-23(27)20-16-10-11-24(21(16)20)12-17(26)15-7-3-4-8-18(15)30-24/h3-9,16,20-21H,10-13H2,1-2H3,(H,25,27). The second kappa shape index (κ2) is 7.04. The molecule has 156 valence electrons. The molecule has 6 nitrogen and oxygen atoms in total. The van der Waals surface area contributed by atoms with E-state index in [9.17, 15) is 9.59 Å². The van der Waals surface area contributed by atoms with Crippen LogP contribution in [0.4, 0.5) is 0 Å². The smallest absolute Gasteiger partial charge is 0.224 e. The Hall–Kier alpha value is -3.02. The second-order valence-electron chi connectivity index (χ2n) is 8.39. The van der Waals surface area contributed by atoms with Gasteiger partial charge < -0.3 is 19.5 Å². The Morgan fingerprint density at radius 3 is 2.80 bits per heavy atom. The summed E-state index contributed by atoms with van der Waals surface area (Å²) in [6, 6.07) is 13.0. The van der Waals surface area contributed by atoms with Crippen molar-refractivity contribution < 1.29 is 23.8 Å². The minimum atomic E-state index is -0.536. The lowest BCUT2D eigenvalue weighted by Gasteiger charge is -2.37. The number of benzene rings is 2. The molecule has 3 aliphatic rings. The van der Waals surface area contributed by atoms with Crippen LogP contribution in [0.15, 0.2) is 42.5 Å². The van der Waals surface area contributed by atoms with Crippen molar-refractivity contribution in [1.29, 1.82) is 0 Å². The highest BCUT2D eigenvalue weighted by atomic mass is 16.5. The molecule has 6 heteroatoms. The van der Waals surface area contributed by atoms with Crippen LogP contribution in [-0.4, -0.2) is 31.5 Å². The molecule has 30 heavy (non-hydrogen) atoms. The average Bonchev–Trinajstić information content (AvgIpc) is 3.42. The number of hydrogen-bond acceptors (Lipinski definition) is 5. The Labute approximate surface area is 175 Å². The van der Waals surface area contributed by atoms with Crippen molar-refractivity contribution in [3.8, 4) is 17.2 Å². The van der Waals surface area contributed by atoms with Gasteiger partial charge in [-0.3, -0.25) is 9.59 Å². The number of hydrogen-bond donors (Lipinski definition) is 1. The van der Waals surface area contributed by atoms with Gasteiger partial charge in [0.2, 0.25) is 5.91 Å². The molecule has 0 saturated heterocycles. The van der Waals surface area contributed by atoms with Gasteiger partial charge in [-0.25, -0.2) is 0 Å². The molecular weight excluding hydrogens is 382 g/mol. The number of ketones is 1. The number of ether oxygens (including phenoxy) is 3. The highest BCUT2D eigenvalue weighted by Gasteiger charge is 2.70. The maximum Gasteiger partial charge on any atom is 0.224 e. The van der Waals surface area contributed by atoms with Crippen molar-refractivity contribution in [2.24, 2.45) is 17.8 Å². The van der Waals surface area contributed by atoms with Gasteiger partial charge in [-0.05, 0) is 37.0 Å². The average molecular weight is 407 g/mol. The number of nitrogens with one attached hydrogen (secondary N) is 1. The van der Waals surface area contributed by atoms with Crippen molar-refractivity contribution in [3.63, 3.8) is 0 Å². The fraction of sp³-hybridized carbons (Fsp3) is 0.417. The second-order valence-corrected chi connectivity index (χ2v) is 8.39. The molecule has 5 rings (SSSR count). The van der Waals surface area contributed by atoms with Crippen molar-refractivity contribution in [1.82, 2.24) is 5.32 Å². The van der Waals surface area contributed by atoms with Gasteiger partial charge in [0, 0.05) is 23.9 Å². The molecule has 2 fully saturated rings. The van der Waals surface area contributed by atoms with Crippen LogP contribution in [-0.2, 0) is 11.3 Å². The topological polar surface area (TPSA) is 73.9 Å². The number of methoxy groups -OCH3 is 2. The Kier molecular flexibility index (Phi) is 4.45. The fourth-order valence-electron chi connectivity index (χ4n) is 5.51. The lowest BCUT2D eigenvalue weighted by atomic mass is 9.84. The highest BCUT2D eigenvalue weighted by molar-refractivity contribution is 6.00. The van der Waals surface area contributed by atoms with Crippen LogP contribution < -0.4 is 19.5 Å². The first-order chi connectivity index (χ1) is 14.6. The molecule has 2 aliphatic carbocycles. The molecule has 0 aromatic heterocycles. The van der Waals surface area contributed by atoms with Gasteiger partial charge in [-0.2, -0.15) is 0 Å². The predicted molar refractivity (Wildman–Crippen MR) is 110 cm³/mol. The molecule has 2 aromatic carbocycles. The van der Waals surface area contributed by atoms with E-state index in [1.807, 2.05) is 42.5 Å². The molecule has 0 bridgehead atoms. The molecule has 1 amide bonds. The molecule has 1 heterocycles. The van der Waals surface area contributed by atoms with E-state index in [0.717, 1.165) is 18.4 Å². The van der Waals surface area contributed by atoms with E-state index >= 15 is 0 Å². The van der Waals surface area contributed by atoms with Crippen LogP contribution in [0.2, 0.25) is 0 Å². The van der Waals surface area contributed by atoms with Crippen LogP contribution >= 0.6 is 0 Å². The van der Waals surface area contributed by atoms with E-state index < -0.39 is 5.60 Å². The minimum absolute atomic E-state index is 0.0175. The van der Waals surface area contributed by atoms with E-state index in [4.69, 9.17) is 14.2 Å². The molecule has 1 N–H and O–H groups in total. The fourth-order valence-corrected chi connectivity index (χ4v) is 5.51. The van der Waals surface area contributed by atoms with Gasteiger partial charge in [0.1, 0.15) is 11.4 Å². The van der Waals surface area contributed by atoms with E-state index in [2.05, 4.69) is 5.32 Å². The number of amides is 1. The van der Waals surface area contributed by atoms with Crippen LogP contribution in [0.5, 0.6) is 17.2 Å². The number of carbonyl (C=O) groups is 2. The lowest BCUT2D eigenvalue weighted by Crippen LogP contribution is -2.44. The molecular formula is C24H25NO5. The van der Waals surface area contributed by atoms with Crippen LogP contribution in [0.3, 0.4) is 0 Å². The maximum absolute atomic E-state index is 13.0. The summed E-state index contributed by atoms with van der Waals surface area (Å²) in [6.07, 6.45) is 2.11. The molecule has 1 spiro atoms. The summed E-state index contributed by atoms with van der Waals surface area (Å²) in [7, 11) is 3.18. The van der Waals surface area contributed by atoms with E-state index in [1.54, 1.807) is 14.2 Å². The number of rotatable bonds is 5. The quantitative estimate of drug-likeness (QED) is 0.823. The highest BCUT2D eigenvalue weighted by Crippen LogP contribution is 2.65. The van der Waals surface area contributed by atoms with Crippen LogP contribution in [0.25, 0.3) is 0 Å². The first kappa shape index (κ1) is 19.0. The lowest BCUT2D eigenvalue weighted by molar-refractivity contribution is -0.124. The third kappa shape index (κ3) is 2.85. The van der Waals surface area contributed by atoms with Gasteiger partial charge in [0.15, 0.2) is 17.3 Å². The maximum atomic E-state index is 13.0. The summed E-state index contributed by atoms with van der Waals surface area (Å²) in [6.45, 7) is 0.366. The van der Waals surface area contributed by atoms with E-state index in [-0.39, 0.29) is 29.4 Å². The number of carbonyl (C=O) groups excluding carboxylic acids is 2. The van der Waals surface area contributed by atoms with Crippen molar-refractivity contribution in [2.45, 2.75) is 31.4 Å². The Bertz CT molecular complexity index is 1020. The summed E-state index contributed by atoms with van der Waals surface area (Å²) in [5.41, 5.74) is 0.980. The van der Waals surface area contributed by atoms with Gasteiger partial charge in [-0.1, -0.05) is 24.3 Å². The normalized spacial score (nSPS) is 28.3. The van der Waals surface area contributed by atoms with Gasteiger partial charge in [0.05, 0.1) is 26.2 Å². The molecule has 2 saturated carbocycles. The molecule has 4 atom stereocenters. The number of para-hydroxylation sites is 2. The Morgan fingerprint density at radius 1 is 1.17 bits per heavy atom. The predicted octanol–water partition coefficient (Wildman–Crippen LogP) is 3.38. The SMILES string of the molecule is COc1cccc(CNC(=O)C2C3CCC4(CC(=O)c5ccccc5O4)C32)c1OC. The third-order valence-corrected chi connectivity index (χ3v) is 6.88. The largest absolute Gasteiger partial charge is 0.493 e. The Balaban J connectivity index is 1.29. The van der Waals surface area contributed by atoms with Crippen LogP contribution in [0, 0.1) is 17.8 Å². The third-order valence-electron chi connectivity index (χ3n) is 6.88. The zero-order valence-electron chi connectivity index (χ0n) is 17.1. The van der Waals surface area contributed by atoms with Crippen molar-refractivity contribution in [3.05, 3.63) is 53.6 Å². The zero-order chi connectivity index (χ0) is 20.9. The zero-order valence-corrected chi connectivity index (χ0v) is 17.1. The summed E-state index contributed by atoms with van der Waals surface area (Å²) < 4.78 is 17.2. The monoisotopic (exact) mass is 407 g/mol. The number of fused-ring (bicyclic) bond motifs is 3.